The summed E-state index contributed by atoms with van der Waals surface area (Å²) in [5.41, 5.74) is 0. The number of urea groups is 1. The van der Waals surface area contributed by atoms with Crippen molar-refractivity contribution in [3.05, 3.63) is 12.7 Å². The van der Waals surface area contributed by atoms with Gasteiger partial charge >= 0.3 is 12.0 Å². The average molecular weight is 228 g/mol. The molecule has 0 bridgehead atoms. The molecule has 2 amide bonds. The summed E-state index contributed by atoms with van der Waals surface area (Å²) in [6.45, 7) is 7.59. The van der Waals surface area contributed by atoms with E-state index in [9.17, 15) is 9.59 Å². The number of carbonyl (C=O) groups is 2. The van der Waals surface area contributed by atoms with Crippen LogP contribution in [0, 0.1) is 5.92 Å². The van der Waals surface area contributed by atoms with Crippen molar-refractivity contribution in [3.63, 3.8) is 0 Å². The van der Waals surface area contributed by atoms with E-state index in [0.29, 0.717) is 13.0 Å². The molecule has 0 aliphatic heterocycles. The minimum absolute atomic E-state index is 0.0985. The Balaban J connectivity index is 4.45. The Labute approximate surface area is 96.1 Å². The molecule has 0 fully saturated rings. The molecule has 0 aromatic carbocycles. The van der Waals surface area contributed by atoms with E-state index in [1.165, 1.54) is 4.90 Å². The first kappa shape index (κ1) is 14.5. The summed E-state index contributed by atoms with van der Waals surface area (Å²) in [5, 5.41) is 11.5. The molecule has 0 unspecified atom stereocenters. The Bertz CT molecular complexity index is 266. The third-order valence-corrected chi connectivity index (χ3v) is 2.51. The number of hydrogen-bond donors (Lipinski definition) is 2. The fraction of sp³-hybridized carbons (Fsp3) is 0.636. The minimum Gasteiger partial charge on any atom is -0.480 e. The molecule has 0 rings (SSSR count). The lowest BCUT2D eigenvalue weighted by Gasteiger charge is -2.23. The van der Waals surface area contributed by atoms with Crippen LogP contribution in [-0.2, 0) is 4.79 Å². The van der Waals surface area contributed by atoms with E-state index in [2.05, 4.69) is 11.9 Å². The van der Waals surface area contributed by atoms with Gasteiger partial charge in [-0.15, -0.1) is 6.58 Å². The zero-order valence-corrected chi connectivity index (χ0v) is 10.1. The molecule has 0 saturated carbocycles. The lowest BCUT2D eigenvalue weighted by molar-refractivity contribution is -0.140. The van der Waals surface area contributed by atoms with E-state index < -0.39 is 18.0 Å². The summed E-state index contributed by atoms with van der Waals surface area (Å²) < 4.78 is 0. The summed E-state index contributed by atoms with van der Waals surface area (Å²) in [6.07, 6.45) is 2.28. The maximum absolute atomic E-state index is 11.6. The van der Waals surface area contributed by atoms with Gasteiger partial charge in [-0.05, 0) is 5.92 Å². The van der Waals surface area contributed by atoms with Crippen LogP contribution in [0.2, 0.25) is 0 Å². The first-order valence-electron chi connectivity index (χ1n) is 5.29. The maximum atomic E-state index is 11.6. The van der Waals surface area contributed by atoms with Gasteiger partial charge in [-0.1, -0.05) is 26.3 Å². The van der Waals surface area contributed by atoms with Gasteiger partial charge in [0.25, 0.3) is 0 Å². The fourth-order valence-electron chi connectivity index (χ4n) is 1.20. The molecule has 0 spiro atoms. The first-order valence-corrected chi connectivity index (χ1v) is 5.29. The van der Waals surface area contributed by atoms with Crippen LogP contribution >= 0.6 is 0 Å². The van der Waals surface area contributed by atoms with Gasteiger partial charge in [0.2, 0.25) is 0 Å². The number of nitrogens with zero attached hydrogens (tertiary/aromatic N) is 1. The van der Waals surface area contributed by atoms with Crippen molar-refractivity contribution < 1.29 is 14.7 Å². The van der Waals surface area contributed by atoms with Crippen LogP contribution in [-0.4, -0.2) is 41.6 Å². The summed E-state index contributed by atoms with van der Waals surface area (Å²) in [5.74, 6) is -1.10. The normalized spacial score (nSPS) is 13.7. The second-order valence-corrected chi connectivity index (χ2v) is 3.82. The second kappa shape index (κ2) is 6.87. The summed E-state index contributed by atoms with van der Waals surface area (Å²) in [4.78, 5) is 23.9. The minimum atomic E-state index is -1.00. The highest BCUT2D eigenvalue weighted by Crippen LogP contribution is 2.08. The Morgan fingerprint density at radius 2 is 2.12 bits per heavy atom. The van der Waals surface area contributed by atoms with Crippen LogP contribution in [0.5, 0.6) is 0 Å². The van der Waals surface area contributed by atoms with Crippen molar-refractivity contribution in [2.75, 3.05) is 13.6 Å². The van der Waals surface area contributed by atoms with Crippen LogP contribution in [0.3, 0.4) is 0 Å². The monoisotopic (exact) mass is 228 g/mol. The molecule has 0 aliphatic rings. The molecular formula is C11H20N2O3. The molecule has 16 heavy (non-hydrogen) atoms. The van der Waals surface area contributed by atoms with Gasteiger partial charge in [0.1, 0.15) is 6.04 Å². The number of likely N-dealkylation sites (N-methyl/N-ethyl adjacent to an activating group) is 1. The van der Waals surface area contributed by atoms with Crippen molar-refractivity contribution in [2.45, 2.75) is 26.3 Å². The second-order valence-electron chi connectivity index (χ2n) is 3.82. The van der Waals surface area contributed by atoms with Crippen LogP contribution in [0.1, 0.15) is 20.3 Å². The van der Waals surface area contributed by atoms with Gasteiger partial charge in [0.15, 0.2) is 0 Å². The molecule has 92 valence electrons. The third-order valence-electron chi connectivity index (χ3n) is 2.51. The van der Waals surface area contributed by atoms with E-state index in [4.69, 9.17) is 5.11 Å². The van der Waals surface area contributed by atoms with Crippen molar-refractivity contribution in [3.8, 4) is 0 Å². The number of carbonyl (C=O) groups excluding carboxylic acids is 1. The number of carboxylic acid groups (broad SMARTS) is 1. The number of carboxylic acids is 1. The van der Waals surface area contributed by atoms with Crippen LogP contribution in [0.25, 0.3) is 0 Å². The van der Waals surface area contributed by atoms with Gasteiger partial charge < -0.3 is 15.3 Å². The molecule has 0 aromatic rings. The van der Waals surface area contributed by atoms with E-state index in [1.54, 1.807) is 20.0 Å². The molecule has 0 aromatic heterocycles. The fourth-order valence-corrected chi connectivity index (χ4v) is 1.20. The van der Waals surface area contributed by atoms with Gasteiger partial charge in [-0.25, -0.2) is 9.59 Å². The highest BCUT2D eigenvalue weighted by molar-refractivity contribution is 5.82. The highest BCUT2D eigenvalue weighted by atomic mass is 16.4. The van der Waals surface area contributed by atoms with Gasteiger partial charge in [-0.3, -0.25) is 0 Å². The number of aliphatic carboxylic acids is 1. The Hall–Kier alpha value is -1.52. The summed E-state index contributed by atoms with van der Waals surface area (Å²) in [7, 11) is 1.59. The molecule has 0 saturated heterocycles. The maximum Gasteiger partial charge on any atom is 0.326 e. The van der Waals surface area contributed by atoms with Crippen molar-refractivity contribution in [2.24, 2.45) is 5.92 Å². The lowest BCUT2D eigenvalue weighted by Crippen LogP contribution is -2.49. The van der Waals surface area contributed by atoms with Gasteiger partial charge in [-0.2, -0.15) is 0 Å². The topological polar surface area (TPSA) is 69.6 Å². The smallest absolute Gasteiger partial charge is 0.326 e. The quantitative estimate of drug-likeness (QED) is 0.673. The first-order chi connectivity index (χ1) is 7.43. The van der Waals surface area contributed by atoms with Crippen molar-refractivity contribution >= 4 is 12.0 Å². The van der Waals surface area contributed by atoms with Gasteiger partial charge in [0.05, 0.1) is 0 Å². The highest BCUT2D eigenvalue weighted by Gasteiger charge is 2.26. The molecule has 0 heterocycles. The van der Waals surface area contributed by atoms with Gasteiger partial charge in [0, 0.05) is 13.6 Å². The molecular weight excluding hydrogens is 208 g/mol. The largest absolute Gasteiger partial charge is 0.480 e. The average Bonchev–Trinajstić information content (AvgIpc) is 2.24. The van der Waals surface area contributed by atoms with Crippen LogP contribution < -0.4 is 5.32 Å². The predicted molar refractivity (Wildman–Crippen MR) is 62.2 cm³/mol. The molecule has 5 heteroatoms. The van der Waals surface area contributed by atoms with E-state index >= 15 is 0 Å². The number of hydrogen-bond acceptors (Lipinski definition) is 2. The Morgan fingerprint density at radius 1 is 1.56 bits per heavy atom. The van der Waals surface area contributed by atoms with E-state index in [0.717, 1.165) is 0 Å². The van der Waals surface area contributed by atoms with Crippen molar-refractivity contribution in [1.82, 2.24) is 10.2 Å². The standard InChI is InChI=1S/C11H20N2O3/c1-5-7-13(4)11(16)12-9(10(14)15)8(3)6-2/h5,8-9H,1,6-7H2,2-4H3,(H,12,16)(H,14,15)/t8-,9-/m0/s1. The number of rotatable bonds is 6. The molecule has 2 N–H and O–H groups in total. The lowest BCUT2D eigenvalue weighted by atomic mass is 9.99. The third kappa shape index (κ3) is 4.33. The van der Waals surface area contributed by atoms with Crippen LogP contribution in [0.4, 0.5) is 4.79 Å². The molecule has 2 atom stereocenters. The summed E-state index contributed by atoms with van der Waals surface area (Å²) in [6, 6.07) is -1.24. The number of amides is 2. The van der Waals surface area contributed by atoms with Crippen LogP contribution in [0.15, 0.2) is 12.7 Å². The molecule has 5 nitrogen and oxygen atoms in total. The Morgan fingerprint density at radius 3 is 2.50 bits per heavy atom. The zero-order chi connectivity index (χ0) is 12.7. The SMILES string of the molecule is C=CCN(C)C(=O)N[C@H](C(=O)O)[C@@H](C)CC. The number of nitrogens with one attached hydrogen (secondary N) is 1. The van der Waals surface area contributed by atoms with Crippen molar-refractivity contribution in [1.29, 1.82) is 0 Å². The predicted octanol–water partition coefficient (Wildman–Crippen LogP) is 1.31. The van der Waals surface area contributed by atoms with E-state index in [1.807, 2.05) is 6.92 Å². The summed E-state index contributed by atoms with van der Waals surface area (Å²) >= 11 is 0. The zero-order valence-electron chi connectivity index (χ0n) is 10.1. The molecule has 0 radical (unpaired) electrons. The Kier molecular flexibility index (Phi) is 6.22. The van der Waals surface area contributed by atoms with E-state index in [-0.39, 0.29) is 5.92 Å². The molecule has 0 aliphatic carbocycles.